The Balaban J connectivity index is 2.14. The van der Waals surface area contributed by atoms with Crippen LogP contribution in [0.3, 0.4) is 0 Å². The fourth-order valence-corrected chi connectivity index (χ4v) is 2.42. The number of nitrogens with zero attached hydrogens (tertiary/aromatic N) is 1. The second-order valence-corrected chi connectivity index (χ2v) is 5.71. The number of nitrogens with one attached hydrogen (secondary N) is 1. The molecule has 0 aromatic heterocycles. The van der Waals surface area contributed by atoms with E-state index in [0.29, 0.717) is 18.9 Å². The van der Waals surface area contributed by atoms with Crippen LogP contribution >= 0.6 is 0 Å². The molecule has 18 heavy (non-hydrogen) atoms. The topological polar surface area (TPSA) is 58.4 Å². The molecule has 2 unspecified atom stereocenters. The lowest BCUT2D eigenvalue weighted by atomic mass is 10.1. The number of carbonyl (C=O) groups excluding carboxylic acids is 1. The Labute approximate surface area is 111 Å². The van der Waals surface area contributed by atoms with Gasteiger partial charge in [0, 0.05) is 19.0 Å². The Morgan fingerprint density at radius 2 is 1.94 bits per heavy atom. The van der Waals surface area contributed by atoms with Crippen molar-refractivity contribution in [2.24, 2.45) is 11.7 Å². The number of nitrogens with two attached hydrogens (primary N) is 1. The maximum Gasteiger partial charge on any atom is 0.220 e. The molecule has 1 amide bonds. The quantitative estimate of drug-likeness (QED) is 0.722. The molecule has 0 bridgehead atoms. The molecule has 0 aromatic rings. The van der Waals surface area contributed by atoms with Gasteiger partial charge in [-0.15, -0.1) is 0 Å². The van der Waals surface area contributed by atoms with Gasteiger partial charge in [0.25, 0.3) is 0 Å². The molecule has 1 aliphatic rings. The molecule has 0 aliphatic carbocycles. The Morgan fingerprint density at radius 3 is 2.56 bits per heavy atom. The van der Waals surface area contributed by atoms with Crippen molar-refractivity contribution in [2.45, 2.75) is 52.0 Å². The van der Waals surface area contributed by atoms with E-state index in [2.05, 4.69) is 24.1 Å². The van der Waals surface area contributed by atoms with Crippen LogP contribution in [0.25, 0.3) is 0 Å². The van der Waals surface area contributed by atoms with E-state index in [9.17, 15) is 4.79 Å². The maximum absolute atomic E-state index is 11.7. The van der Waals surface area contributed by atoms with Crippen LogP contribution in [0.4, 0.5) is 0 Å². The van der Waals surface area contributed by atoms with Crippen LogP contribution in [0.1, 0.15) is 46.0 Å². The number of hydrogen-bond acceptors (Lipinski definition) is 3. The van der Waals surface area contributed by atoms with Gasteiger partial charge < -0.3 is 16.0 Å². The molecule has 2 atom stereocenters. The Morgan fingerprint density at radius 1 is 1.28 bits per heavy atom. The highest BCUT2D eigenvalue weighted by Crippen LogP contribution is 2.09. The van der Waals surface area contributed by atoms with Crippen LogP contribution in [-0.4, -0.2) is 43.0 Å². The number of amides is 1. The minimum Gasteiger partial charge on any atom is -0.352 e. The lowest BCUT2D eigenvalue weighted by molar-refractivity contribution is -0.122. The second kappa shape index (κ2) is 8.48. The van der Waals surface area contributed by atoms with Crippen molar-refractivity contribution >= 4 is 5.91 Å². The van der Waals surface area contributed by atoms with Crippen molar-refractivity contribution in [3.05, 3.63) is 0 Å². The molecule has 4 nitrogen and oxygen atoms in total. The van der Waals surface area contributed by atoms with Crippen molar-refractivity contribution in [1.29, 1.82) is 0 Å². The van der Waals surface area contributed by atoms with Gasteiger partial charge in [0.05, 0.1) is 0 Å². The summed E-state index contributed by atoms with van der Waals surface area (Å²) in [6.07, 6.45) is 5.44. The molecule has 0 saturated carbocycles. The highest BCUT2D eigenvalue weighted by molar-refractivity contribution is 5.76. The molecule has 0 radical (unpaired) electrons. The van der Waals surface area contributed by atoms with Gasteiger partial charge in [-0.05, 0) is 51.7 Å². The van der Waals surface area contributed by atoms with Crippen molar-refractivity contribution in [3.63, 3.8) is 0 Å². The fourth-order valence-electron chi connectivity index (χ4n) is 2.42. The van der Waals surface area contributed by atoms with E-state index in [-0.39, 0.29) is 11.9 Å². The molecule has 1 rings (SSSR count). The van der Waals surface area contributed by atoms with E-state index in [0.717, 1.165) is 13.0 Å². The normalized spacial score (nSPS) is 20.4. The smallest absolute Gasteiger partial charge is 0.220 e. The summed E-state index contributed by atoms with van der Waals surface area (Å²) in [6, 6.07) is 0.254. The van der Waals surface area contributed by atoms with Crippen molar-refractivity contribution in [2.75, 3.05) is 26.2 Å². The minimum atomic E-state index is 0.166. The number of carbonyl (C=O) groups is 1. The van der Waals surface area contributed by atoms with Gasteiger partial charge in [-0.1, -0.05) is 13.3 Å². The predicted octanol–water partition coefficient (Wildman–Crippen LogP) is 1.35. The summed E-state index contributed by atoms with van der Waals surface area (Å²) in [5.41, 5.74) is 5.54. The van der Waals surface area contributed by atoms with Crippen LogP contribution in [0, 0.1) is 5.92 Å². The highest BCUT2D eigenvalue weighted by atomic mass is 16.1. The van der Waals surface area contributed by atoms with Gasteiger partial charge >= 0.3 is 0 Å². The highest BCUT2D eigenvalue weighted by Gasteiger charge is 2.15. The molecular weight excluding hydrogens is 226 g/mol. The molecular formula is C14H29N3O. The predicted molar refractivity (Wildman–Crippen MR) is 75.3 cm³/mol. The minimum absolute atomic E-state index is 0.166. The summed E-state index contributed by atoms with van der Waals surface area (Å²) in [6.45, 7) is 8.20. The van der Waals surface area contributed by atoms with Crippen LogP contribution in [0.5, 0.6) is 0 Å². The second-order valence-electron chi connectivity index (χ2n) is 5.71. The van der Waals surface area contributed by atoms with Crippen LogP contribution in [0.2, 0.25) is 0 Å². The van der Waals surface area contributed by atoms with Gasteiger partial charge in [-0.2, -0.15) is 0 Å². The fraction of sp³-hybridized carbons (Fsp3) is 0.929. The third kappa shape index (κ3) is 6.36. The molecule has 1 aliphatic heterocycles. The molecule has 0 aromatic carbocycles. The van der Waals surface area contributed by atoms with Crippen LogP contribution < -0.4 is 11.1 Å². The monoisotopic (exact) mass is 255 g/mol. The van der Waals surface area contributed by atoms with Crippen molar-refractivity contribution in [3.8, 4) is 0 Å². The van der Waals surface area contributed by atoms with E-state index in [1.807, 2.05) is 0 Å². The van der Waals surface area contributed by atoms with Gasteiger partial charge in [0.2, 0.25) is 5.91 Å². The lowest BCUT2D eigenvalue weighted by Gasteiger charge is -2.29. The zero-order chi connectivity index (χ0) is 13.4. The average Bonchev–Trinajstić information content (AvgIpc) is 2.37. The first kappa shape index (κ1) is 15.4. The van der Waals surface area contributed by atoms with Gasteiger partial charge in [0.1, 0.15) is 0 Å². The average molecular weight is 255 g/mol. The first-order valence-corrected chi connectivity index (χ1v) is 7.33. The maximum atomic E-state index is 11.7. The molecule has 0 spiro atoms. The summed E-state index contributed by atoms with van der Waals surface area (Å²) in [5.74, 6) is 0.605. The standard InChI is InChI=1S/C14H29N3O/c1-12(10-15)6-7-14(18)16-13(2)11-17-8-4-3-5-9-17/h12-13H,3-11,15H2,1-2H3,(H,16,18). The summed E-state index contributed by atoms with van der Waals surface area (Å²) in [5, 5.41) is 3.09. The number of piperidine rings is 1. The van der Waals surface area contributed by atoms with E-state index in [1.165, 1.54) is 32.4 Å². The summed E-state index contributed by atoms with van der Waals surface area (Å²) < 4.78 is 0. The summed E-state index contributed by atoms with van der Waals surface area (Å²) in [4.78, 5) is 14.2. The number of hydrogen-bond donors (Lipinski definition) is 2. The largest absolute Gasteiger partial charge is 0.352 e. The third-order valence-corrected chi connectivity index (χ3v) is 3.65. The Hall–Kier alpha value is -0.610. The molecule has 1 saturated heterocycles. The summed E-state index contributed by atoms with van der Waals surface area (Å²) >= 11 is 0. The van der Waals surface area contributed by atoms with E-state index < -0.39 is 0 Å². The molecule has 106 valence electrons. The van der Waals surface area contributed by atoms with E-state index >= 15 is 0 Å². The van der Waals surface area contributed by atoms with E-state index in [1.54, 1.807) is 0 Å². The van der Waals surface area contributed by atoms with Gasteiger partial charge in [-0.25, -0.2) is 0 Å². The van der Waals surface area contributed by atoms with Crippen LogP contribution in [0.15, 0.2) is 0 Å². The first-order valence-electron chi connectivity index (χ1n) is 7.33. The van der Waals surface area contributed by atoms with Crippen molar-refractivity contribution < 1.29 is 4.79 Å². The first-order chi connectivity index (χ1) is 8.61. The van der Waals surface area contributed by atoms with Crippen molar-refractivity contribution in [1.82, 2.24) is 10.2 Å². The number of likely N-dealkylation sites (tertiary alicyclic amines) is 1. The number of rotatable bonds is 7. The lowest BCUT2D eigenvalue weighted by Crippen LogP contribution is -2.43. The van der Waals surface area contributed by atoms with Gasteiger partial charge in [-0.3, -0.25) is 4.79 Å². The van der Waals surface area contributed by atoms with Crippen LogP contribution in [-0.2, 0) is 4.79 Å². The van der Waals surface area contributed by atoms with E-state index in [4.69, 9.17) is 5.73 Å². The zero-order valence-electron chi connectivity index (χ0n) is 12.0. The molecule has 1 heterocycles. The Kier molecular flexibility index (Phi) is 7.28. The molecule has 1 fully saturated rings. The molecule has 4 heteroatoms. The SMILES string of the molecule is CC(CN)CCC(=O)NC(C)CN1CCCCC1. The third-order valence-electron chi connectivity index (χ3n) is 3.65. The summed E-state index contributed by atoms with van der Waals surface area (Å²) in [7, 11) is 0. The molecule has 3 N–H and O–H groups in total. The van der Waals surface area contributed by atoms with Gasteiger partial charge in [0.15, 0.2) is 0 Å². The zero-order valence-corrected chi connectivity index (χ0v) is 12.0. The Bertz CT molecular complexity index is 239.